The van der Waals surface area contributed by atoms with Gasteiger partial charge in [0.25, 0.3) is 0 Å². The molecule has 0 unspecified atom stereocenters. The first-order chi connectivity index (χ1) is 12.1. The molecular weight excluding hydrogens is 387 g/mol. The molecule has 146 valence electrons. The van der Waals surface area contributed by atoms with Gasteiger partial charge in [0.1, 0.15) is 17.2 Å². The number of nitrogen functional groups attached to an aromatic ring is 1. The van der Waals surface area contributed by atoms with Gasteiger partial charge >= 0.3 is 0 Å². The zero-order valence-electron chi connectivity index (χ0n) is 15.3. The fraction of sp³-hybridized carbons (Fsp3) is 0.316. The number of halogens is 2. The second-order valence-corrected chi connectivity index (χ2v) is 6.26. The van der Waals surface area contributed by atoms with Crippen molar-refractivity contribution in [2.75, 3.05) is 25.4 Å². The third-order valence-electron chi connectivity index (χ3n) is 4.85. The maximum atomic E-state index is 9.87. The molecule has 1 aromatic heterocycles. The molecule has 0 amide bonds. The fourth-order valence-corrected chi connectivity index (χ4v) is 3.40. The van der Waals surface area contributed by atoms with Crippen molar-refractivity contribution in [1.82, 2.24) is 14.7 Å². The van der Waals surface area contributed by atoms with Crippen LogP contribution in [-0.4, -0.2) is 39.4 Å². The van der Waals surface area contributed by atoms with Crippen LogP contribution in [0.25, 0.3) is 22.2 Å². The van der Waals surface area contributed by atoms with Crippen LogP contribution in [0.3, 0.4) is 0 Å². The van der Waals surface area contributed by atoms with Crippen molar-refractivity contribution in [1.29, 1.82) is 0 Å². The Morgan fingerprint density at radius 3 is 2.59 bits per heavy atom. The highest BCUT2D eigenvalue weighted by atomic mass is 35.5. The van der Waals surface area contributed by atoms with Crippen LogP contribution in [0.15, 0.2) is 30.3 Å². The van der Waals surface area contributed by atoms with E-state index in [1.165, 1.54) is 0 Å². The number of fused-ring (bicyclic) bond motifs is 2. The molecule has 1 aliphatic rings. The van der Waals surface area contributed by atoms with E-state index in [-0.39, 0.29) is 30.6 Å². The number of likely N-dealkylation sites (N-methyl/N-ethyl adjacent to an activating group) is 1. The van der Waals surface area contributed by atoms with Crippen molar-refractivity contribution in [3.05, 3.63) is 30.3 Å². The molecule has 0 bridgehead atoms. The minimum absolute atomic E-state index is 0. The van der Waals surface area contributed by atoms with Crippen molar-refractivity contribution in [3.8, 4) is 28.5 Å². The number of anilines is 1. The van der Waals surface area contributed by atoms with Gasteiger partial charge in [-0.1, -0.05) is 13.8 Å². The molecule has 8 heteroatoms. The molecule has 6 nitrogen and oxygen atoms in total. The van der Waals surface area contributed by atoms with Crippen molar-refractivity contribution < 1.29 is 9.84 Å². The Labute approximate surface area is 170 Å². The Hall–Kier alpha value is -2.15. The molecule has 3 aromatic rings. The van der Waals surface area contributed by atoms with E-state index in [9.17, 15) is 5.11 Å². The van der Waals surface area contributed by atoms with Crippen LogP contribution in [0.5, 0.6) is 17.2 Å². The summed E-state index contributed by atoms with van der Waals surface area (Å²) in [7, 11) is 0. The molecule has 27 heavy (non-hydrogen) atoms. The molecule has 4 rings (SSSR count). The minimum atomic E-state index is 0. The highest BCUT2D eigenvalue weighted by molar-refractivity contribution is 6.04. The lowest BCUT2D eigenvalue weighted by Crippen LogP contribution is -2.27. The summed E-state index contributed by atoms with van der Waals surface area (Å²) < 4.78 is 8.03. The van der Waals surface area contributed by atoms with Crippen molar-refractivity contribution in [2.24, 2.45) is 0 Å². The van der Waals surface area contributed by atoms with Crippen LogP contribution < -0.4 is 10.5 Å². The molecule has 0 saturated heterocycles. The van der Waals surface area contributed by atoms with Crippen LogP contribution in [0.1, 0.15) is 13.8 Å². The molecule has 0 saturated carbocycles. The van der Waals surface area contributed by atoms with Gasteiger partial charge in [0.2, 0.25) is 0 Å². The summed E-state index contributed by atoms with van der Waals surface area (Å²) in [5.74, 6) is 1.51. The quantitative estimate of drug-likeness (QED) is 0.480. The topological polar surface area (TPSA) is 76.5 Å². The monoisotopic (exact) mass is 410 g/mol. The third-order valence-corrected chi connectivity index (χ3v) is 4.85. The standard InChI is InChI=1S/C19H22N4O2.2ClH/c1-3-22(4-2)9-10-23-15-7-6-14(20)19-17(15)18(21-23)13-11-12(24)5-8-16(13)25-19;;/h5-8,11,24H,3-4,9-10,20H2,1-2H3;2*1H. The zero-order chi connectivity index (χ0) is 17.6. The molecule has 2 aromatic carbocycles. The Balaban J connectivity index is 0.00000131. The number of benzene rings is 2. The number of phenolic OH excluding ortho intramolecular Hbond substituents is 1. The first-order valence-corrected chi connectivity index (χ1v) is 8.65. The molecule has 2 heterocycles. The van der Waals surface area contributed by atoms with Crippen LogP contribution in [-0.2, 0) is 6.54 Å². The summed E-state index contributed by atoms with van der Waals surface area (Å²) in [6.07, 6.45) is 0. The summed E-state index contributed by atoms with van der Waals surface area (Å²) in [5, 5.41) is 15.6. The van der Waals surface area contributed by atoms with Gasteiger partial charge in [-0.2, -0.15) is 5.10 Å². The van der Waals surface area contributed by atoms with Crippen molar-refractivity contribution in [3.63, 3.8) is 0 Å². The van der Waals surface area contributed by atoms with Gasteiger partial charge in [0.05, 0.1) is 23.1 Å². The lowest BCUT2D eigenvalue weighted by Gasteiger charge is -2.18. The highest BCUT2D eigenvalue weighted by Gasteiger charge is 2.26. The number of nitrogens with zero attached hydrogens (tertiary/aromatic N) is 3. The van der Waals surface area contributed by atoms with E-state index < -0.39 is 0 Å². The fourth-order valence-electron chi connectivity index (χ4n) is 3.40. The predicted octanol–water partition coefficient (Wildman–Crippen LogP) is 4.28. The Kier molecular flexibility index (Phi) is 6.46. The van der Waals surface area contributed by atoms with E-state index in [4.69, 9.17) is 15.6 Å². The van der Waals surface area contributed by atoms with E-state index in [0.29, 0.717) is 17.2 Å². The van der Waals surface area contributed by atoms with E-state index >= 15 is 0 Å². The number of rotatable bonds is 5. The number of ether oxygens (including phenoxy) is 1. The molecule has 1 aliphatic heterocycles. The summed E-state index contributed by atoms with van der Waals surface area (Å²) in [6, 6.07) is 8.91. The maximum absolute atomic E-state index is 9.87. The number of hydrogen-bond acceptors (Lipinski definition) is 5. The van der Waals surface area contributed by atoms with E-state index in [1.54, 1.807) is 18.2 Å². The molecular formula is C19H24Cl2N4O2. The lowest BCUT2D eigenvalue weighted by molar-refractivity contribution is 0.287. The van der Waals surface area contributed by atoms with Gasteiger partial charge in [-0.3, -0.25) is 4.68 Å². The average molecular weight is 411 g/mol. The third kappa shape index (κ3) is 3.52. The molecule has 0 fully saturated rings. The van der Waals surface area contributed by atoms with Crippen molar-refractivity contribution >= 4 is 41.4 Å². The Bertz CT molecular complexity index is 955. The van der Waals surface area contributed by atoms with Gasteiger partial charge < -0.3 is 20.5 Å². The summed E-state index contributed by atoms with van der Waals surface area (Å²) in [4.78, 5) is 2.36. The Morgan fingerprint density at radius 2 is 1.89 bits per heavy atom. The van der Waals surface area contributed by atoms with Crippen molar-refractivity contribution in [2.45, 2.75) is 20.4 Å². The average Bonchev–Trinajstić information content (AvgIpc) is 2.99. The normalized spacial score (nSPS) is 11.5. The van der Waals surface area contributed by atoms with Gasteiger partial charge in [-0.15, -0.1) is 24.8 Å². The van der Waals surface area contributed by atoms with Crippen LogP contribution >= 0.6 is 24.8 Å². The first kappa shape index (κ1) is 21.2. The van der Waals surface area contributed by atoms with E-state index in [0.717, 1.165) is 48.3 Å². The predicted molar refractivity (Wildman–Crippen MR) is 114 cm³/mol. The summed E-state index contributed by atoms with van der Waals surface area (Å²) in [5.41, 5.74) is 9.35. The number of nitrogens with two attached hydrogens (primary N) is 1. The number of aromatic nitrogens is 2. The van der Waals surface area contributed by atoms with Crippen LogP contribution in [0, 0.1) is 0 Å². The SMILES string of the molecule is CCN(CC)CCn1nc2c3c(c(N)ccc31)Oc1ccc(O)cc1-2.Cl.Cl. The van der Waals surface area contributed by atoms with Gasteiger partial charge in [-0.05, 0) is 43.4 Å². The number of phenols is 1. The van der Waals surface area contributed by atoms with Gasteiger partial charge in [0, 0.05) is 12.1 Å². The minimum Gasteiger partial charge on any atom is -0.508 e. The highest BCUT2D eigenvalue weighted by Crippen LogP contribution is 2.49. The molecule has 0 aliphatic carbocycles. The Morgan fingerprint density at radius 1 is 1.15 bits per heavy atom. The number of aromatic hydroxyl groups is 1. The van der Waals surface area contributed by atoms with Gasteiger partial charge in [-0.25, -0.2) is 0 Å². The van der Waals surface area contributed by atoms with Crippen LogP contribution in [0.2, 0.25) is 0 Å². The second kappa shape index (κ2) is 8.25. The maximum Gasteiger partial charge on any atom is 0.161 e. The molecule has 0 atom stereocenters. The molecule has 0 radical (unpaired) electrons. The summed E-state index contributed by atoms with van der Waals surface area (Å²) in [6.45, 7) is 8.07. The summed E-state index contributed by atoms with van der Waals surface area (Å²) >= 11 is 0. The largest absolute Gasteiger partial charge is 0.508 e. The van der Waals surface area contributed by atoms with E-state index in [2.05, 4.69) is 18.7 Å². The second-order valence-electron chi connectivity index (χ2n) is 6.26. The van der Waals surface area contributed by atoms with E-state index in [1.807, 2.05) is 16.8 Å². The lowest BCUT2D eigenvalue weighted by atomic mass is 10.0. The molecule has 0 spiro atoms. The smallest absolute Gasteiger partial charge is 0.161 e. The van der Waals surface area contributed by atoms with Gasteiger partial charge in [0.15, 0.2) is 5.75 Å². The molecule has 3 N–H and O–H groups in total. The first-order valence-electron chi connectivity index (χ1n) is 8.65. The van der Waals surface area contributed by atoms with Crippen LogP contribution in [0.4, 0.5) is 5.69 Å². The number of hydrogen-bond donors (Lipinski definition) is 2. The zero-order valence-corrected chi connectivity index (χ0v) is 16.9.